The van der Waals surface area contributed by atoms with Crippen LogP contribution in [0, 0.1) is 5.82 Å². The second-order valence-corrected chi connectivity index (χ2v) is 8.23. The van der Waals surface area contributed by atoms with Crippen LogP contribution < -0.4 is 10.1 Å². The largest absolute Gasteiger partial charge is 0.492 e. The number of hydrogen-bond donors (Lipinski definition) is 1. The molecule has 0 amide bonds. The predicted octanol–water partition coefficient (Wildman–Crippen LogP) is 6.51. The SMILES string of the molecule is CC(C)N(CCOc1ccc(NC(=Nc2ccc(F)cc2)c2ccccc2)cc1)C(C)C. The smallest absolute Gasteiger partial charge is 0.138 e. The molecule has 0 saturated carbocycles. The summed E-state index contributed by atoms with van der Waals surface area (Å²) in [4.78, 5) is 7.10. The topological polar surface area (TPSA) is 36.9 Å². The molecule has 32 heavy (non-hydrogen) atoms. The maximum Gasteiger partial charge on any atom is 0.138 e. The first kappa shape index (κ1) is 23.5. The lowest BCUT2D eigenvalue weighted by Crippen LogP contribution is -2.39. The fourth-order valence-corrected chi connectivity index (χ4v) is 3.56. The first-order valence-corrected chi connectivity index (χ1v) is 11.1. The molecule has 0 aliphatic heterocycles. The molecule has 0 spiro atoms. The molecule has 4 nitrogen and oxygen atoms in total. The summed E-state index contributed by atoms with van der Waals surface area (Å²) >= 11 is 0. The number of anilines is 1. The van der Waals surface area contributed by atoms with E-state index in [0.29, 0.717) is 30.2 Å². The second-order valence-electron chi connectivity index (χ2n) is 8.23. The third kappa shape index (κ3) is 6.92. The molecule has 168 valence electrons. The third-order valence-corrected chi connectivity index (χ3v) is 5.18. The van der Waals surface area contributed by atoms with Crippen LogP contribution in [0.4, 0.5) is 15.8 Å². The van der Waals surface area contributed by atoms with E-state index in [0.717, 1.165) is 23.5 Å². The number of amidine groups is 1. The van der Waals surface area contributed by atoms with Gasteiger partial charge in [0.05, 0.1) is 5.69 Å². The van der Waals surface area contributed by atoms with Gasteiger partial charge in [0.15, 0.2) is 0 Å². The second kappa shape index (κ2) is 11.4. The number of ether oxygens (including phenoxy) is 1. The summed E-state index contributed by atoms with van der Waals surface area (Å²) in [5.41, 5.74) is 2.52. The fraction of sp³-hybridized carbons (Fsp3) is 0.296. The molecule has 0 aliphatic carbocycles. The van der Waals surface area contributed by atoms with Crippen molar-refractivity contribution in [1.82, 2.24) is 4.90 Å². The standard InChI is InChI=1S/C27H32FN3O/c1-20(2)31(21(3)4)18-19-32-26-16-14-25(15-17-26)30-27(22-8-6-5-7-9-22)29-24-12-10-23(28)11-13-24/h5-17,20-21H,18-19H2,1-4H3,(H,29,30). The minimum Gasteiger partial charge on any atom is -0.492 e. The molecule has 0 unspecified atom stereocenters. The van der Waals surface area contributed by atoms with Gasteiger partial charge in [-0.3, -0.25) is 4.90 Å². The van der Waals surface area contributed by atoms with Gasteiger partial charge in [-0.15, -0.1) is 0 Å². The summed E-state index contributed by atoms with van der Waals surface area (Å²) in [6, 6.07) is 24.8. The molecule has 0 atom stereocenters. The third-order valence-electron chi connectivity index (χ3n) is 5.18. The molecule has 1 N–H and O–H groups in total. The molecule has 0 heterocycles. The average molecular weight is 434 g/mol. The Morgan fingerprint density at radius 1 is 0.875 bits per heavy atom. The lowest BCUT2D eigenvalue weighted by molar-refractivity contribution is 0.142. The molecule has 3 rings (SSSR count). The minimum atomic E-state index is -0.279. The quantitative estimate of drug-likeness (QED) is 0.309. The van der Waals surface area contributed by atoms with Crippen LogP contribution in [0.15, 0.2) is 83.9 Å². The number of nitrogens with zero attached hydrogens (tertiary/aromatic N) is 2. The minimum absolute atomic E-state index is 0.279. The lowest BCUT2D eigenvalue weighted by atomic mass is 10.2. The first-order valence-electron chi connectivity index (χ1n) is 11.1. The molecule has 0 radical (unpaired) electrons. The summed E-state index contributed by atoms with van der Waals surface area (Å²) in [6.45, 7) is 10.4. The van der Waals surface area contributed by atoms with Crippen molar-refractivity contribution in [2.24, 2.45) is 4.99 Å². The van der Waals surface area contributed by atoms with Crippen LogP contribution >= 0.6 is 0 Å². The Labute approximate surface area is 190 Å². The number of benzene rings is 3. The van der Waals surface area contributed by atoms with Crippen LogP contribution in [0.3, 0.4) is 0 Å². The van der Waals surface area contributed by atoms with Crippen molar-refractivity contribution in [2.45, 2.75) is 39.8 Å². The molecule has 3 aromatic carbocycles. The Morgan fingerprint density at radius 2 is 1.50 bits per heavy atom. The summed E-state index contributed by atoms with van der Waals surface area (Å²) in [6.07, 6.45) is 0. The van der Waals surface area contributed by atoms with Crippen molar-refractivity contribution in [3.63, 3.8) is 0 Å². The Morgan fingerprint density at radius 3 is 2.09 bits per heavy atom. The number of hydrogen-bond acceptors (Lipinski definition) is 3. The summed E-state index contributed by atoms with van der Waals surface area (Å²) in [7, 11) is 0. The first-order chi connectivity index (χ1) is 15.4. The van der Waals surface area contributed by atoms with E-state index >= 15 is 0 Å². The van der Waals surface area contributed by atoms with Gasteiger partial charge in [-0.2, -0.15) is 0 Å². The van der Waals surface area contributed by atoms with Gasteiger partial charge in [0.2, 0.25) is 0 Å². The van der Waals surface area contributed by atoms with E-state index in [1.54, 1.807) is 12.1 Å². The van der Waals surface area contributed by atoms with Crippen LogP contribution in [0.1, 0.15) is 33.3 Å². The molecule has 0 aliphatic rings. The highest BCUT2D eigenvalue weighted by atomic mass is 19.1. The molecule has 3 aromatic rings. The maximum absolute atomic E-state index is 13.3. The van der Waals surface area contributed by atoms with Gasteiger partial charge in [0, 0.05) is 29.9 Å². The number of halogens is 1. The van der Waals surface area contributed by atoms with E-state index in [-0.39, 0.29) is 5.82 Å². The van der Waals surface area contributed by atoms with Crippen LogP contribution in [0.2, 0.25) is 0 Å². The highest BCUT2D eigenvalue weighted by molar-refractivity contribution is 6.09. The van der Waals surface area contributed by atoms with Gasteiger partial charge >= 0.3 is 0 Å². The van der Waals surface area contributed by atoms with Crippen LogP contribution in [0.5, 0.6) is 5.75 Å². The highest BCUT2D eigenvalue weighted by Gasteiger charge is 2.13. The zero-order valence-electron chi connectivity index (χ0n) is 19.3. The Balaban J connectivity index is 1.69. The average Bonchev–Trinajstić information content (AvgIpc) is 2.79. The lowest BCUT2D eigenvalue weighted by Gasteiger charge is -2.30. The summed E-state index contributed by atoms with van der Waals surface area (Å²) in [5, 5.41) is 3.38. The van der Waals surface area contributed by atoms with Crippen molar-refractivity contribution in [3.8, 4) is 5.75 Å². The Hall–Kier alpha value is -3.18. The number of aliphatic imine (C=N–C) groups is 1. The summed E-state index contributed by atoms with van der Waals surface area (Å²) < 4.78 is 19.2. The van der Waals surface area contributed by atoms with Gasteiger partial charge < -0.3 is 10.1 Å². The van der Waals surface area contributed by atoms with Crippen molar-refractivity contribution < 1.29 is 9.13 Å². The fourth-order valence-electron chi connectivity index (χ4n) is 3.56. The highest BCUT2D eigenvalue weighted by Crippen LogP contribution is 2.20. The van der Waals surface area contributed by atoms with Crippen molar-refractivity contribution in [1.29, 1.82) is 0 Å². The molecule has 5 heteroatoms. The van der Waals surface area contributed by atoms with E-state index in [1.165, 1.54) is 12.1 Å². The zero-order chi connectivity index (χ0) is 22.9. The molecule has 0 fully saturated rings. The van der Waals surface area contributed by atoms with Gasteiger partial charge in [-0.1, -0.05) is 30.3 Å². The van der Waals surface area contributed by atoms with E-state index < -0.39 is 0 Å². The predicted molar refractivity (Wildman–Crippen MR) is 132 cm³/mol. The maximum atomic E-state index is 13.3. The normalized spacial score (nSPS) is 11.9. The molecular weight excluding hydrogens is 401 g/mol. The molecule has 0 bridgehead atoms. The number of rotatable bonds is 9. The van der Waals surface area contributed by atoms with Crippen molar-refractivity contribution in [2.75, 3.05) is 18.5 Å². The van der Waals surface area contributed by atoms with Crippen molar-refractivity contribution >= 4 is 17.2 Å². The Kier molecular flexibility index (Phi) is 8.40. The summed E-state index contributed by atoms with van der Waals surface area (Å²) in [5.74, 6) is 1.24. The van der Waals surface area contributed by atoms with Gasteiger partial charge in [-0.05, 0) is 76.2 Å². The molecule has 0 aromatic heterocycles. The van der Waals surface area contributed by atoms with E-state index in [1.807, 2.05) is 54.6 Å². The molecule has 0 saturated heterocycles. The number of nitrogens with one attached hydrogen (secondary N) is 1. The Bertz CT molecular complexity index is 976. The monoisotopic (exact) mass is 433 g/mol. The van der Waals surface area contributed by atoms with E-state index in [4.69, 9.17) is 9.73 Å². The van der Waals surface area contributed by atoms with Gasteiger partial charge in [0.1, 0.15) is 24.0 Å². The van der Waals surface area contributed by atoms with Crippen molar-refractivity contribution in [3.05, 3.63) is 90.2 Å². The van der Waals surface area contributed by atoms with E-state index in [2.05, 4.69) is 37.9 Å². The van der Waals surface area contributed by atoms with Crippen LogP contribution in [-0.2, 0) is 0 Å². The molecular formula is C27H32FN3O. The zero-order valence-corrected chi connectivity index (χ0v) is 19.3. The van der Waals surface area contributed by atoms with Crippen LogP contribution in [0.25, 0.3) is 0 Å². The van der Waals surface area contributed by atoms with Crippen LogP contribution in [-0.4, -0.2) is 36.0 Å². The van der Waals surface area contributed by atoms with Gasteiger partial charge in [0.25, 0.3) is 0 Å². The van der Waals surface area contributed by atoms with Gasteiger partial charge in [-0.25, -0.2) is 9.38 Å². The van der Waals surface area contributed by atoms with E-state index in [9.17, 15) is 4.39 Å².